The second kappa shape index (κ2) is 1.45. The van der Waals surface area contributed by atoms with Gasteiger partial charge in [0.1, 0.15) is 5.72 Å². The van der Waals surface area contributed by atoms with Crippen molar-refractivity contribution < 1.29 is 9.90 Å². The lowest BCUT2D eigenvalue weighted by Crippen LogP contribution is -2.37. The minimum Gasteiger partial charge on any atom is -0.371 e. The molecule has 0 aromatic carbocycles. The molecule has 2 N–H and O–H groups in total. The SMILES string of the molecule is CC1(O)CCC(=O)N1. The van der Waals surface area contributed by atoms with E-state index in [0.717, 1.165) is 0 Å². The number of carbonyl (C=O) groups is 1. The summed E-state index contributed by atoms with van der Waals surface area (Å²) in [7, 11) is 0. The van der Waals surface area contributed by atoms with Crippen molar-refractivity contribution in [3.8, 4) is 0 Å². The van der Waals surface area contributed by atoms with Gasteiger partial charge in [-0.1, -0.05) is 0 Å². The third-order valence-electron chi connectivity index (χ3n) is 1.25. The second-order valence-corrected chi connectivity index (χ2v) is 2.32. The van der Waals surface area contributed by atoms with Crippen molar-refractivity contribution in [3.05, 3.63) is 0 Å². The maximum atomic E-state index is 10.4. The van der Waals surface area contributed by atoms with Crippen LogP contribution in [0.5, 0.6) is 0 Å². The van der Waals surface area contributed by atoms with Gasteiger partial charge in [-0.05, 0) is 6.92 Å². The van der Waals surface area contributed by atoms with Crippen molar-refractivity contribution in [3.63, 3.8) is 0 Å². The maximum absolute atomic E-state index is 10.4. The standard InChI is InChI=1S/C5H9NO2/c1-5(8)3-2-4(7)6-5/h8H,2-3H2,1H3,(H,6,7). The minimum absolute atomic E-state index is 0.0602. The zero-order valence-electron chi connectivity index (χ0n) is 4.77. The summed E-state index contributed by atoms with van der Waals surface area (Å²) >= 11 is 0. The zero-order valence-corrected chi connectivity index (χ0v) is 4.77. The summed E-state index contributed by atoms with van der Waals surface area (Å²) in [6, 6.07) is 0. The number of rotatable bonds is 0. The normalized spacial score (nSPS) is 37.5. The molecule has 1 saturated heterocycles. The summed E-state index contributed by atoms with van der Waals surface area (Å²) < 4.78 is 0. The number of hydrogen-bond donors (Lipinski definition) is 2. The highest BCUT2D eigenvalue weighted by Crippen LogP contribution is 2.14. The second-order valence-electron chi connectivity index (χ2n) is 2.32. The highest BCUT2D eigenvalue weighted by Gasteiger charge is 2.29. The van der Waals surface area contributed by atoms with E-state index in [2.05, 4.69) is 5.32 Å². The molecule has 0 aromatic heterocycles. The smallest absolute Gasteiger partial charge is 0.222 e. The van der Waals surface area contributed by atoms with Crippen molar-refractivity contribution in [1.82, 2.24) is 5.32 Å². The molecule has 1 amide bonds. The summed E-state index contributed by atoms with van der Waals surface area (Å²) in [5.41, 5.74) is -0.933. The Bertz CT molecular complexity index is 120. The molecule has 1 fully saturated rings. The fraction of sp³-hybridized carbons (Fsp3) is 0.800. The minimum atomic E-state index is -0.933. The van der Waals surface area contributed by atoms with Gasteiger partial charge in [-0.2, -0.15) is 0 Å². The largest absolute Gasteiger partial charge is 0.371 e. The average molecular weight is 115 g/mol. The van der Waals surface area contributed by atoms with Gasteiger partial charge >= 0.3 is 0 Å². The number of carbonyl (C=O) groups excluding carboxylic acids is 1. The van der Waals surface area contributed by atoms with E-state index in [4.69, 9.17) is 5.11 Å². The van der Waals surface area contributed by atoms with E-state index in [1.54, 1.807) is 6.92 Å². The topological polar surface area (TPSA) is 49.3 Å². The van der Waals surface area contributed by atoms with Crippen LogP contribution in [0, 0.1) is 0 Å². The van der Waals surface area contributed by atoms with Crippen LogP contribution in [0.1, 0.15) is 19.8 Å². The predicted molar refractivity (Wildman–Crippen MR) is 28.0 cm³/mol. The summed E-state index contributed by atoms with van der Waals surface area (Å²) in [4.78, 5) is 10.4. The lowest BCUT2D eigenvalue weighted by molar-refractivity contribution is -0.121. The Morgan fingerprint density at radius 1 is 1.88 bits per heavy atom. The summed E-state index contributed by atoms with van der Waals surface area (Å²) in [5.74, 6) is -0.0602. The molecule has 0 aliphatic carbocycles. The molecule has 3 heteroatoms. The highest BCUT2D eigenvalue weighted by atomic mass is 16.3. The molecule has 1 unspecified atom stereocenters. The third-order valence-corrected chi connectivity index (χ3v) is 1.25. The van der Waals surface area contributed by atoms with Crippen LogP contribution in [0.4, 0.5) is 0 Å². The van der Waals surface area contributed by atoms with Crippen LogP contribution in [0.2, 0.25) is 0 Å². The molecule has 46 valence electrons. The molecular formula is C5H9NO2. The van der Waals surface area contributed by atoms with Crippen LogP contribution >= 0.6 is 0 Å². The van der Waals surface area contributed by atoms with Crippen molar-refractivity contribution >= 4 is 5.91 Å². The van der Waals surface area contributed by atoms with E-state index in [-0.39, 0.29) is 5.91 Å². The highest BCUT2D eigenvalue weighted by molar-refractivity contribution is 5.78. The zero-order chi connectivity index (χ0) is 6.20. The third kappa shape index (κ3) is 0.980. The van der Waals surface area contributed by atoms with E-state index in [9.17, 15) is 4.79 Å². The van der Waals surface area contributed by atoms with Crippen LogP contribution in [0.15, 0.2) is 0 Å². The summed E-state index contributed by atoms with van der Waals surface area (Å²) in [6.07, 6.45) is 0.985. The van der Waals surface area contributed by atoms with Gasteiger partial charge in [0.2, 0.25) is 5.91 Å². The van der Waals surface area contributed by atoms with E-state index >= 15 is 0 Å². The Morgan fingerprint density at radius 2 is 2.50 bits per heavy atom. The Morgan fingerprint density at radius 3 is 2.62 bits per heavy atom. The van der Waals surface area contributed by atoms with E-state index in [1.807, 2.05) is 0 Å². The molecule has 1 aliphatic rings. The number of aliphatic hydroxyl groups is 1. The van der Waals surface area contributed by atoms with Crippen LogP contribution in [-0.2, 0) is 4.79 Å². The Kier molecular flexibility index (Phi) is 1.01. The average Bonchev–Trinajstić information content (AvgIpc) is 1.82. The monoisotopic (exact) mass is 115 g/mol. The van der Waals surface area contributed by atoms with E-state index < -0.39 is 5.72 Å². The van der Waals surface area contributed by atoms with Gasteiger partial charge < -0.3 is 10.4 Å². The lowest BCUT2D eigenvalue weighted by atomic mass is 10.2. The van der Waals surface area contributed by atoms with Gasteiger partial charge in [0.15, 0.2) is 0 Å². The van der Waals surface area contributed by atoms with Gasteiger partial charge in [0.05, 0.1) is 0 Å². The quantitative estimate of drug-likeness (QED) is 0.451. The molecule has 1 aliphatic heterocycles. The molecular weight excluding hydrogens is 106 g/mol. The van der Waals surface area contributed by atoms with Gasteiger partial charge in [0.25, 0.3) is 0 Å². The lowest BCUT2D eigenvalue weighted by Gasteiger charge is -2.13. The number of hydrogen-bond acceptors (Lipinski definition) is 2. The van der Waals surface area contributed by atoms with Crippen molar-refractivity contribution in [2.75, 3.05) is 0 Å². The Balaban J connectivity index is 2.56. The van der Waals surface area contributed by atoms with Crippen molar-refractivity contribution in [2.45, 2.75) is 25.5 Å². The van der Waals surface area contributed by atoms with Crippen molar-refractivity contribution in [2.24, 2.45) is 0 Å². The first-order chi connectivity index (χ1) is 3.60. The van der Waals surface area contributed by atoms with Crippen LogP contribution in [-0.4, -0.2) is 16.7 Å². The molecule has 1 heterocycles. The molecule has 1 rings (SSSR count). The van der Waals surface area contributed by atoms with Crippen molar-refractivity contribution in [1.29, 1.82) is 0 Å². The van der Waals surface area contributed by atoms with Gasteiger partial charge in [0, 0.05) is 12.8 Å². The molecule has 0 saturated carbocycles. The van der Waals surface area contributed by atoms with Crippen LogP contribution in [0.25, 0.3) is 0 Å². The van der Waals surface area contributed by atoms with E-state index in [0.29, 0.717) is 12.8 Å². The van der Waals surface area contributed by atoms with Gasteiger partial charge in [-0.15, -0.1) is 0 Å². The maximum Gasteiger partial charge on any atom is 0.222 e. The fourth-order valence-corrected chi connectivity index (χ4v) is 0.782. The Labute approximate surface area is 47.7 Å². The van der Waals surface area contributed by atoms with E-state index in [1.165, 1.54) is 0 Å². The van der Waals surface area contributed by atoms with Gasteiger partial charge in [-0.3, -0.25) is 4.79 Å². The first kappa shape index (κ1) is 5.56. The molecule has 3 nitrogen and oxygen atoms in total. The molecule has 0 spiro atoms. The fourth-order valence-electron chi connectivity index (χ4n) is 0.782. The van der Waals surface area contributed by atoms with Gasteiger partial charge in [-0.25, -0.2) is 0 Å². The molecule has 0 bridgehead atoms. The number of amides is 1. The molecule has 8 heavy (non-hydrogen) atoms. The summed E-state index contributed by atoms with van der Waals surface area (Å²) in [6.45, 7) is 1.60. The van der Waals surface area contributed by atoms with Crippen LogP contribution < -0.4 is 5.32 Å². The first-order valence-electron chi connectivity index (χ1n) is 2.63. The molecule has 0 aromatic rings. The first-order valence-corrected chi connectivity index (χ1v) is 2.63. The predicted octanol–water partition coefficient (Wildman–Crippen LogP) is -0.395. The van der Waals surface area contributed by atoms with Crippen LogP contribution in [0.3, 0.4) is 0 Å². The summed E-state index contributed by atoms with van der Waals surface area (Å²) in [5, 5.41) is 11.4. The Hall–Kier alpha value is -0.570. The molecule has 1 atom stereocenters. The molecule has 0 radical (unpaired) electrons. The number of nitrogens with one attached hydrogen (secondary N) is 1.